The number of amides is 2. The Morgan fingerprint density at radius 3 is 1.91 bits per heavy atom. The van der Waals surface area contributed by atoms with Crippen LogP contribution in [0.5, 0.6) is 5.88 Å². The zero-order valence-corrected chi connectivity index (χ0v) is 17.8. The summed E-state index contributed by atoms with van der Waals surface area (Å²) >= 11 is 0. The molecule has 1 aromatic heterocycles. The second-order valence-corrected chi connectivity index (χ2v) is 8.29. The lowest BCUT2D eigenvalue weighted by Crippen LogP contribution is -2.29. The van der Waals surface area contributed by atoms with Gasteiger partial charge in [-0.3, -0.25) is 24.7 Å². The second kappa shape index (κ2) is 7.11. The molecule has 34 heavy (non-hydrogen) atoms. The first-order chi connectivity index (χ1) is 16.5. The van der Waals surface area contributed by atoms with E-state index >= 15 is 0 Å². The summed E-state index contributed by atoms with van der Waals surface area (Å²) in [5, 5.41) is 19.0. The normalized spacial score (nSPS) is 14.3. The fourth-order valence-electron chi connectivity index (χ4n) is 4.68. The molecule has 2 aliphatic rings. The maximum atomic E-state index is 13.2. The number of carbonyl (C=O) groups is 3. The van der Waals surface area contributed by atoms with E-state index in [2.05, 4.69) is 4.98 Å². The van der Waals surface area contributed by atoms with E-state index in [1.807, 2.05) is 0 Å². The quantitative estimate of drug-likeness (QED) is 0.361. The van der Waals surface area contributed by atoms with Crippen LogP contribution in [0, 0.1) is 5.41 Å². The number of fused-ring (bicyclic) bond motifs is 3. The van der Waals surface area contributed by atoms with Crippen molar-refractivity contribution < 1.29 is 19.5 Å². The van der Waals surface area contributed by atoms with E-state index in [9.17, 15) is 19.5 Å². The molecule has 3 N–H and O–H groups in total. The Labute approximate surface area is 193 Å². The van der Waals surface area contributed by atoms with E-state index < -0.39 is 0 Å². The van der Waals surface area contributed by atoms with Crippen molar-refractivity contribution in [2.24, 2.45) is 0 Å². The van der Waals surface area contributed by atoms with E-state index in [1.165, 1.54) is 4.90 Å². The highest BCUT2D eigenvalue weighted by Gasteiger charge is 2.36. The van der Waals surface area contributed by atoms with Gasteiger partial charge in [-0.2, -0.15) is 0 Å². The lowest BCUT2D eigenvalue weighted by atomic mass is 9.84. The van der Waals surface area contributed by atoms with E-state index in [0.29, 0.717) is 33.5 Å². The predicted octanol–water partition coefficient (Wildman–Crippen LogP) is 4.14. The van der Waals surface area contributed by atoms with Crippen molar-refractivity contribution in [3.63, 3.8) is 0 Å². The standard InChI is InChI=1S/C27H17N3O4/c28-22-16-5-1-2-6-17(16)24(31)21-20(22)25(32)29-23(21)15-11-9-14(10-12-15)13-30-26(33)18-7-3-4-8-19(18)27(30)34/h1-12,28-29,32H,13H2. The van der Waals surface area contributed by atoms with Crippen LogP contribution in [0.2, 0.25) is 0 Å². The first-order valence-electron chi connectivity index (χ1n) is 10.7. The number of aromatic amines is 1. The largest absolute Gasteiger partial charge is 0.494 e. The number of rotatable bonds is 3. The van der Waals surface area contributed by atoms with Gasteiger partial charge in [0.05, 0.1) is 40.2 Å². The molecule has 3 aromatic carbocycles. The highest BCUT2D eigenvalue weighted by molar-refractivity contribution is 6.32. The molecule has 7 heteroatoms. The van der Waals surface area contributed by atoms with Gasteiger partial charge in [0.15, 0.2) is 11.7 Å². The van der Waals surface area contributed by atoms with Crippen molar-refractivity contribution in [1.82, 2.24) is 9.88 Å². The minimum Gasteiger partial charge on any atom is -0.494 e. The number of hydrogen-bond acceptors (Lipinski definition) is 5. The Morgan fingerprint density at radius 1 is 0.735 bits per heavy atom. The van der Waals surface area contributed by atoms with Crippen molar-refractivity contribution in [3.8, 4) is 17.1 Å². The van der Waals surface area contributed by atoms with Crippen molar-refractivity contribution >= 4 is 23.3 Å². The monoisotopic (exact) mass is 447 g/mol. The third-order valence-corrected chi connectivity index (χ3v) is 6.36. The predicted molar refractivity (Wildman–Crippen MR) is 124 cm³/mol. The molecule has 2 heterocycles. The lowest BCUT2D eigenvalue weighted by Gasteiger charge is -2.17. The molecular formula is C27H17N3O4. The van der Waals surface area contributed by atoms with Crippen LogP contribution in [-0.2, 0) is 6.54 Å². The minimum absolute atomic E-state index is 0.0902. The number of carbonyl (C=O) groups excluding carboxylic acids is 3. The topological polar surface area (TPSA) is 114 Å². The molecule has 1 aliphatic heterocycles. The Balaban J connectivity index is 1.33. The Morgan fingerprint density at radius 2 is 1.29 bits per heavy atom. The van der Waals surface area contributed by atoms with Crippen LogP contribution in [0.4, 0.5) is 0 Å². The third kappa shape index (κ3) is 2.70. The summed E-state index contributed by atoms with van der Waals surface area (Å²) in [6.07, 6.45) is 0. The summed E-state index contributed by atoms with van der Waals surface area (Å²) in [5.41, 5.74) is 4.05. The molecule has 0 fully saturated rings. The molecule has 0 spiro atoms. The van der Waals surface area contributed by atoms with Gasteiger partial charge >= 0.3 is 0 Å². The average Bonchev–Trinajstić information content (AvgIpc) is 3.33. The second-order valence-electron chi connectivity index (χ2n) is 8.29. The molecule has 164 valence electrons. The molecular weight excluding hydrogens is 430 g/mol. The van der Waals surface area contributed by atoms with E-state index in [0.717, 1.165) is 5.56 Å². The Bertz CT molecular complexity index is 1530. The molecule has 0 radical (unpaired) electrons. The molecule has 0 atom stereocenters. The third-order valence-electron chi connectivity index (χ3n) is 6.36. The van der Waals surface area contributed by atoms with Crippen LogP contribution in [0.25, 0.3) is 11.3 Å². The van der Waals surface area contributed by atoms with Crippen LogP contribution in [0.15, 0.2) is 72.8 Å². The van der Waals surface area contributed by atoms with Crippen LogP contribution in [0.1, 0.15) is 53.3 Å². The van der Waals surface area contributed by atoms with Crippen LogP contribution >= 0.6 is 0 Å². The molecule has 0 unspecified atom stereocenters. The molecule has 7 nitrogen and oxygen atoms in total. The van der Waals surface area contributed by atoms with Crippen LogP contribution in [-0.4, -0.2) is 38.3 Å². The fraction of sp³-hybridized carbons (Fsp3) is 0.0370. The summed E-state index contributed by atoms with van der Waals surface area (Å²) in [6.45, 7) is 0.123. The van der Waals surface area contributed by atoms with Crippen LogP contribution in [0.3, 0.4) is 0 Å². The summed E-state index contributed by atoms with van der Waals surface area (Å²) in [7, 11) is 0. The number of aromatic nitrogens is 1. The van der Waals surface area contributed by atoms with Gasteiger partial charge in [-0.15, -0.1) is 0 Å². The molecule has 0 saturated carbocycles. The number of nitrogens with one attached hydrogen (secondary N) is 2. The molecule has 1 aliphatic carbocycles. The molecule has 6 rings (SSSR count). The van der Waals surface area contributed by atoms with Gasteiger partial charge in [-0.1, -0.05) is 60.7 Å². The summed E-state index contributed by atoms with van der Waals surface area (Å²) in [4.78, 5) is 42.6. The van der Waals surface area contributed by atoms with Gasteiger partial charge in [0.25, 0.3) is 11.8 Å². The van der Waals surface area contributed by atoms with Gasteiger partial charge < -0.3 is 10.1 Å². The zero-order valence-electron chi connectivity index (χ0n) is 17.8. The SMILES string of the molecule is N=C1c2ccccc2C(=O)c2c(-c3ccc(CN4C(=O)c5ccccc5C4=O)cc3)[nH]c(O)c21. The minimum atomic E-state index is -0.323. The smallest absolute Gasteiger partial charge is 0.261 e. The summed E-state index contributed by atoms with van der Waals surface area (Å²) in [5.74, 6) is -1.14. The van der Waals surface area contributed by atoms with Crippen molar-refractivity contribution in [2.75, 3.05) is 0 Å². The average molecular weight is 447 g/mol. The lowest BCUT2D eigenvalue weighted by molar-refractivity contribution is 0.0642. The summed E-state index contributed by atoms with van der Waals surface area (Å²) in [6, 6.07) is 20.7. The van der Waals surface area contributed by atoms with Gasteiger partial charge in [-0.05, 0) is 23.3 Å². The fourth-order valence-corrected chi connectivity index (χ4v) is 4.68. The molecule has 0 saturated heterocycles. The highest BCUT2D eigenvalue weighted by atomic mass is 16.3. The number of benzene rings is 3. The van der Waals surface area contributed by atoms with Gasteiger partial charge in [0, 0.05) is 11.1 Å². The molecule has 0 bridgehead atoms. The first-order valence-corrected chi connectivity index (χ1v) is 10.7. The van der Waals surface area contributed by atoms with E-state index in [-0.39, 0.29) is 46.9 Å². The van der Waals surface area contributed by atoms with Gasteiger partial charge in [0.1, 0.15) is 0 Å². The number of H-pyrrole nitrogens is 1. The number of nitrogens with zero attached hydrogens (tertiary/aromatic N) is 1. The first kappa shape index (κ1) is 19.9. The maximum Gasteiger partial charge on any atom is 0.261 e. The van der Waals surface area contributed by atoms with E-state index in [4.69, 9.17) is 5.41 Å². The van der Waals surface area contributed by atoms with Crippen molar-refractivity contribution in [2.45, 2.75) is 6.54 Å². The van der Waals surface area contributed by atoms with Gasteiger partial charge in [0.2, 0.25) is 0 Å². The van der Waals surface area contributed by atoms with Crippen LogP contribution < -0.4 is 0 Å². The van der Waals surface area contributed by atoms with Crippen molar-refractivity contribution in [3.05, 3.63) is 112 Å². The molecule has 2 amide bonds. The van der Waals surface area contributed by atoms with Crippen molar-refractivity contribution in [1.29, 1.82) is 5.41 Å². The van der Waals surface area contributed by atoms with Gasteiger partial charge in [-0.25, -0.2) is 0 Å². The number of aromatic hydroxyl groups is 1. The number of ketones is 1. The highest BCUT2D eigenvalue weighted by Crippen LogP contribution is 2.39. The zero-order chi connectivity index (χ0) is 23.6. The number of hydrogen-bond donors (Lipinski definition) is 3. The van der Waals surface area contributed by atoms with E-state index in [1.54, 1.807) is 72.8 Å². The Hall–Kier alpha value is -4.78. The summed E-state index contributed by atoms with van der Waals surface area (Å²) < 4.78 is 0. The number of imide groups is 1. The molecule has 4 aromatic rings. The Kier molecular flexibility index (Phi) is 4.16. The maximum absolute atomic E-state index is 13.2.